The van der Waals surface area contributed by atoms with Crippen LogP contribution < -0.4 is 15.4 Å². The van der Waals surface area contributed by atoms with Crippen LogP contribution in [0.4, 0.5) is 5.69 Å². The van der Waals surface area contributed by atoms with E-state index in [0.717, 1.165) is 5.56 Å². The van der Waals surface area contributed by atoms with Crippen molar-refractivity contribution in [1.82, 2.24) is 5.32 Å². The predicted molar refractivity (Wildman–Crippen MR) is 108 cm³/mol. The number of amides is 2. The molecule has 5 nitrogen and oxygen atoms in total. The van der Waals surface area contributed by atoms with Crippen molar-refractivity contribution in [3.63, 3.8) is 0 Å². The van der Waals surface area contributed by atoms with Gasteiger partial charge in [0.25, 0.3) is 11.8 Å². The Morgan fingerprint density at radius 3 is 2.19 bits per heavy atom. The second-order valence-electron chi connectivity index (χ2n) is 7.18. The van der Waals surface area contributed by atoms with Crippen LogP contribution in [0.3, 0.4) is 0 Å². The first-order valence-corrected chi connectivity index (χ1v) is 9.24. The third-order valence-corrected chi connectivity index (χ3v) is 4.04. The van der Waals surface area contributed by atoms with Gasteiger partial charge >= 0.3 is 0 Å². The van der Waals surface area contributed by atoms with Crippen LogP contribution in [0.25, 0.3) is 0 Å². The summed E-state index contributed by atoms with van der Waals surface area (Å²) in [6.45, 7) is 9.75. The molecule has 5 heteroatoms. The molecule has 0 aliphatic carbocycles. The van der Waals surface area contributed by atoms with E-state index in [1.54, 1.807) is 31.2 Å². The minimum Gasteiger partial charge on any atom is -0.481 e. The molecule has 0 aliphatic rings. The molecule has 2 aromatic carbocycles. The van der Waals surface area contributed by atoms with Crippen LogP contribution in [-0.4, -0.2) is 24.0 Å². The molecule has 0 fully saturated rings. The summed E-state index contributed by atoms with van der Waals surface area (Å²) in [5, 5.41) is 5.64. The van der Waals surface area contributed by atoms with Crippen LogP contribution in [0.15, 0.2) is 48.5 Å². The summed E-state index contributed by atoms with van der Waals surface area (Å²) in [5.74, 6) is 0.683. The maximum absolute atomic E-state index is 12.4. The maximum Gasteiger partial charge on any atom is 0.265 e. The van der Waals surface area contributed by atoms with Crippen molar-refractivity contribution in [2.24, 2.45) is 0 Å². The molecule has 2 aromatic rings. The van der Waals surface area contributed by atoms with E-state index < -0.39 is 6.10 Å². The van der Waals surface area contributed by atoms with Gasteiger partial charge in [0.15, 0.2) is 6.10 Å². The Kier molecular flexibility index (Phi) is 6.99. The van der Waals surface area contributed by atoms with Gasteiger partial charge in [-0.25, -0.2) is 0 Å². The number of carbonyl (C=O) groups is 2. The van der Waals surface area contributed by atoms with Crippen LogP contribution in [0.1, 0.15) is 56.5 Å². The van der Waals surface area contributed by atoms with Crippen molar-refractivity contribution in [2.75, 3.05) is 5.32 Å². The molecule has 144 valence electrons. The first-order valence-electron chi connectivity index (χ1n) is 9.24. The number of anilines is 1. The fourth-order valence-corrected chi connectivity index (χ4v) is 2.50. The molecular formula is C22H28N2O3. The van der Waals surface area contributed by atoms with Crippen LogP contribution >= 0.6 is 0 Å². The Morgan fingerprint density at radius 1 is 0.926 bits per heavy atom. The molecule has 0 spiro atoms. The highest BCUT2D eigenvalue weighted by Gasteiger charge is 2.16. The number of rotatable bonds is 7. The van der Waals surface area contributed by atoms with Gasteiger partial charge in [-0.05, 0) is 68.7 Å². The molecule has 0 heterocycles. The molecule has 1 atom stereocenters. The van der Waals surface area contributed by atoms with Gasteiger partial charge in [0.05, 0.1) is 0 Å². The van der Waals surface area contributed by atoms with Crippen molar-refractivity contribution in [2.45, 2.75) is 52.7 Å². The van der Waals surface area contributed by atoms with Crippen LogP contribution in [-0.2, 0) is 4.79 Å². The molecule has 0 aliphatic heterocycles. The molecular weight excluding hydrogens is 340 g/mol. The van der Waals surface area contributed by atoms with E-state index in [0.29, 0.717) is 22.9 Å². The van der Waals surface area contributed by atoms with E-state index in [-0.39, 0.29) is 17.9 Å². The normalized spacial score (nSPS) is 12.0. The first-order chi connectivity index (χ1) is 12.8. The number of hydrogen-bond acceptors (Lipinski definition) is 3. The van der Waals surface area contributed by atoms with E-state index >= 15 is 0 Å². The van der Waals surface area contributed by atoms with E-state index in [2.05, 4.69) is 24.5 Å². The highest BCUT2D eigenvalue weighted by Crippen LogP contribution is 2.21. The van der Waals surface area contributed by atoms with Crippen LogP contribution in [0, 0.1) is 0 Å². The minimum atomic E-state index is -0.642. The van der Waals surface area contributed by atoms with Gasteiger partial charge in [-0.1, -0.05) is 26.0 Å². The first kappa shape index (κ1) is 20.5. The largest absolute Gasteiger partial charge is 0.481 e. The summed E-state index contributed by atoms with van der Waals surface area (Å²) in [7, 11) is 0. The summed E-state index contributed by atoms with van der Waals surface area (Å²) in [6, 6.07) is 14.6. The molecule has 0 saturated carbocycles. The third kappa shape index (κ3) is 6.13. The molecule has 0 bridgehead atoms. The van der Waals surface area contributed by atoms with E-state index in [1.165, 1.54) is 0 Å². The number of ether oxygens (including phenoxy) is 1. The van der Waals surface area contributed by atoms with E-state index in [9.17, 15) is 9.59 Å². The Morgan fingerprint density at radius 2 is 1.59 bits per heavy atom. The monoisotopic (exact) mass is 368 g/mol. The minimum absolute atomic E-state index is 0.0732. The highest BCUT2D eigenvalue weighted by atomic mass is 16.5. The van der Waals surface area contributed by atoms with Gasteiger partial charge < -0.3 is 15.4 Å². The zero-order valence-electron chi connectivity index (χ0n) is 16.6. The summed E-state index contributed by atoms with van der Waals surface area (Å²) < 4.78 is 5.77. The Balaban J connectivity index is 1.96. The van der Waals surface area contributed by atoms with E-state index in [4.69, 9.17) is 4.74 Å². The lowest BCUT2D eigenvalue weighted by Crippen LogP contribution is -2.31. The lowest BCUT2D eigenvalue weighted by molar-refractivity contribution is -0.122. The molecule has 0 aromatic heterocycles. The summed E-state index contributed by atoms with van der Waals surface area (Å²) in [4.78, 5) is 24.3. The molecule has 1 unspecified atom stereocenters. The number of nitrogens with one attached hydrogen (secondary N) is 2. The molecule has 27 heavy (non-hydrogen) atoms. The number of hydrogen-bond donors (Lipinski definition) is 2. The van der Waals surface area contributed by atoms with Crippen LogP contribution in [0.2, 0.25) is 0 Å². The molecule has 2 rings (SSSR count). The molecule has 0 radical (unpaired) electrons. The van der Waals surface area contributed by atoms with E-state index in [1.807, 2.05) is 38.1 Å². The molecule has 2 N–H and O–H groups in total. The Hall–Kier alpha value is -2.82. The standard InChI is InChI=1S/C22H28N2O3/c1-14(2)18-7-6-8-20(13-18)27-16(5)21(25)24-19-11-9-17(10-12-19)22(26)23-15(3)4/h6-16H,1-5H3,(H,23,26)(H,24,25). The predicted octanol–water partition coefficient (Wildman–Crippen LogP) is 4.35. The highest BCUT2D eigenvalue weighted by molar-refractivity contribution is 5.96. The van der Waals surface area contributed by atoms with Crippen molar-refractivity contribution < 1.29 is 14.3 Å². The zero-order valence-corrected chi connectivity index (χ0v) is 16.6. The van der Waals surface area contributed by atoms with Gasteiger partial charge in [-0.15, -0.1) is 0 Å². The molecule has 0 saturated heterocycles. The number of carbonyl (C=O) groups excluding carboxylic acids is 2. The number of benzene rings is 2. The lowest BCUT2D eigenvalue weighted by atomic mass is 10.0. The summed E-state index contributed by atoms with van der Waals surface area (Å²) >= 11 is 0. The van der Waals surface area contributed by atoms with Gasteiger partial charge in [0.2, 0.25) is 0 Å². The van der Waals surface area contributed by atoms with Crippen molar-refractivity contribution in [3.8, 4) is 5.75 Å². The average Bonchev–Trinajstić information content (AvgIpc) is 2.61. The van der Waals surface area contributed by atoms with Gasteiger partial charge in [0.1, 0.15) is 5.75 Å². The maximum atomic E-state index is 12.4. The topological polar surface area (TPSA) is 67.4 Å². The fraction of sp³-hybridized carbons (Fsp3) is 0.364. The third-order valence-electron chi connectivity index (χ3n) is 4.04. The quantitative estimate of drug-likeness (QED) is 0.763. The second kappa shape index (κ2) is 9.21. The average molecular weight is 368 g/mol. The van der Waals surface area contributed by atoms with Gasteiger partial charge in [-0.3, -0.25) is 9.59 Å². The summed E-state index contributed by atoms with van der Waals surface area (Å²) in [6.07, 6.45) is -0.642. The lowest BCUT2D eigenvalue weighted by Gasteiger charge is -2.16. The van der Waals surface area contributed by atoms with Crippen LogP contribution in [0.5, 0.6) is 5.75 Å². The Bertz CT molecular complexity index is 782. The van der Waals surface area contributed by atoms with Crippen molar-refractivity contribution in [3.05, 3.63) is 59.7 Å². The summed E-state index contributed by atoms with van der Waals surface area (Å²) in [5.41, 5.74) is 2.33. The molecule has 2 amide bonds. The Labute approximate surface area is 161 Å². The fourth-order valence-electron chi connectivity index (χ4n) is 2.50. The van der Waals surface area contributed by atoms with Gasteiger partial charge in [0, 0.05) is 17.3 Å². The smallest absolute Gasteiger partial charge is 0.265 e. The van der Waals surface area contributed by atoms with Gasteiger partial charge in [-0.2, -0.15) is 0 Å². The van der Waals surface area contributed by atoms with Crippen molar-refractivity contribution >= 4 is 17.5 Å². The van der Waals surface area contributed by atoms with Crippen molar-refractivity contribution in [1.29, 1.82) is 0 Å². The second-order valence-corrected chi connectivity index (χ2v) is 7.18. The zero-order chi connectivity index (χ0) is 20.0. The SMILES string of the molecule is CC(C)NC(=O)c1ccc(NC(=O)C(C)Oc2cccc(C(C)C)c2)cc1.